The van der Waals surface area contributed by atoms with E-state index in [4.69, 9.17) is 11.6 Å². The maximum Gasteiger partial charge on any atom is 0.178 e. The van der Waals surface area contributed by atoms with E-state index in [0.717, 1.165) is 0 Å². The Hall–Kier alpha value is -0.610. The number of aromatic nitrogens is 1. The summed E-state index contributed by atoms with van der Waals surface area (Å²) in [5.41, 5.74) is 0. The van der Waals surface area contributed by atoms with Crippen molar-refractivity contribution in [1.29, 1.82) is 0 Å². The topological polar surface area (TPSA) is 47.0 Å². The van der Waals surface area contributed by atoms with Gasteiger partial charge in [-0.1, -0.05) is 6.92 Å². The Kier molecular flexibility index (Phi) is 3.89. The summed E-state index contributed by atoms with van der Waals surface area (Å²) < 4.78 is 23.4. The predicted molar refractivity (Wildman–Crippen MR) is 56.2 cm³/mol. The Labute approximate surface area is 89.0 Å². The van der Waals surface area contributed by atoms with Gasteiger partial charge in [0.05, 0.1) is 10.6 Å². The third-order valence-electron chi connectivity index (χ3n) is 1.78. The molecule has 0 saturated heterocycles. The van der Waals surface area contributed by atoms with E-state index in [1.165, 1.54) is 24.5 Å². The minimum atomic E-state index is -3.20. The van der Waals surface area contributed by atoms with Crippen LogP contribution in [-0.4, -0.2) is 25.0 Å². The van der Waals surface area contributed by atoms with Gasteiger partial charge in [0.15, 0.2) is 9.84 Å². The van der Waals surface area contributed by atoms with Gasteiger partial charge in [-0.15, -0.1) is 11.6 Å². The predicted octanol–water partition coefficient (Wildman–Crippen LogP) is 1.73. The number of rotatable bonds is 4. The molecule has 1 atom stereocenters. The second kappa shape index (κ2) is 4.75. The number of hydrogen-bond acceptors (Lipinski definition) is 3. The molecule has 0 aliphatic carbocycles. The Morgan fingerprint density at radius 2 is 2.00 bits per heavy atom. The van der Waals surface area contributed by atoms with Crippen LogP contribution in [0.2, 0.25) is 0 Å². The number of nitrogens with zero attached hydrogens (tertiary/aromatic N) is 1. The molecule has 1 aromatic heterocycles. The first kappa shape index (κ1) is 11.5. The van der Waals surface area contributed by atoms with E-state index < -0.39 is 9.84 Å². The highest BCUT2D eigenvalue weighted by atomic mass is 35.5. The Bertz CT molecular complexity index is 377. The zero-order valence-corrected chi connectivity index (χ0v) is 9.42. The second-order valence-corrected chi connectivity index (χ2v) is 5.57. The Balaban J connectivity index is 2.87. The van der Waals surface area contributed by atoms with Gasteiger partial charge in [0.1, 0.15) is 0 Å². The van der Waals surface area contributed by atoms with Gasteiger partial charge in [0.2, 0.25) is 0 Å². The molecular weight excluding hydrogens is 222 g/mol. The van der Waals surface area contributed by atoms with Crippen molar-refractivity contribution in [2.75, 3.05) is 11.6 Å². The van der Waals surface area contributed by atoms with Crippen molar-refractivity contribution in [3.8, 4) is 0 Å². The lowest BCUT2D eigenvalue weighted by molar-refractivity contribution is 0.583. The van der Waals surface area contributed by atoms with E-state index in [-0.39, 0.29) is 11.7 Å². The highest BCUT2D eigenvalue weighted by Crippen LogP contribution is 2.13. The smallest absolute Gasteiger partial charge is 0.178 e. The quantitative estimate of drug-likeness (QED) is 0.745. The van der Waals surface area contributed by atoms with Gasteiger partial charge >= 0.3 is 0 Å². The summed E-state index contributed by atoms with van der Waals surface area (Å²) in [5.74, 6) is 0.403. The molecule has 0 aromatic carbocycles. The number of halogens is 1. The van der Waals surface area contributed by atoms with Gasteiger partial charge in [0, 0.05) is 18.3 Å². The van der Waals surface area contributed by atoms with Crippen LogP contribution in [0.1, 0.15) is 6.92 Å². The van der Waals surface area contributed by atoms with Crippen molar-refractivity contribution in [1.82, 2.24) is 4.98 Å². The third kappa shape index (κ3) is 2.96. The fourth-order valence-corrected chi connectivity index (χ4v) is 2.90. The molecule has 0 fully saturated rings. The van der Waals surface area contributed by atoms with Crippen LogP contribution in [0.3, 0.4) is 0 Å². The zero-order valence-electron chi connectivity index (χ0n) is 7.85. The van der Waals surface area contributed by atoms with Gasteiger partial charge < -0.3 is 0 Å². The van der Waals surface area contributed by atoms with Crippen molar-refractivity contribution in [2.24, 2.45) is 5.92 Å². The molecule has 78 valence electrons. The highest BCUT2D eigenvalue weighted by molar-refractivity contribution is 7.91. The van der Waals surface area contributed by atoms with Crippen LogP contribution in [0, 0.1) is 5.92 Å². The summed E-state index contributed by atoms with van der Waals surface area (Å²) in [6.07, 6.45) is 2.94. The summed E-state index contributed by atoms with van der Waals surface area (Å²) in [7, 11) is -3.20. The molecule has 1 rings (SSSR count). The maximum atomic E-state index is 11.7. The number of hydrogen-bond donors (Lipinski definition) is 0. The van der Waals surface area contributed by atoms with Crippen LogP contribution in [0.5, 0.6) is 0 Å². The van der Waals surface area contributed by atoms with Crippen molar-refractivity contribution in [2.45, 2.75) is 11.8 Å². The molecule has 0 N–H and O–H groups in total. The monoisotopic (exact) mass is 233 g/mol. The summed E-state index contributed by atoms with van der Waals surface area (Å²) in [6, 6.07) is 2.99. The molecule has 1 heterocycles. The number of alkyl halides is 1. The minimum Gasteiger partial charge on any atom is -0.265 e. The standard InChI is InChI=1S/C9H12ClNO2S/c1-8(6-10)7-14(12,13)9-2-4-11-5-3-9/h2-5,8H,6-7H2,1H3. The van der Waals surface area contributed by atoms with Gasteiger partial charge in [-0.2, -0.15) is 0 Å². The van der Waals surface area contributed by atoms with Crippen molar-refractivity contribution < 1.29 is 8.42 Å². The first-order valence-electron chi connectivity index (χ1n) is 4.25. The highest BCUT2D eigenvalue weighted by Gasteiger charge is 2.17. The molecule has 0 bridgehead atoms. The fraction of sp³-hybridized carbons (Fsp3) is 0.444. The zero-order chi connectivity index (χ0) is 10.6. The molecule has 0 aliphatic rings. The average Bonchev–Trinajstić information content (AvgIpc) is 2.18. The van der Waals surface area contributed by atoms with E-state index >= 15 is 0 Å². The van der Waals surface area contributed by atoms with E-state index in [1.807, 2.05) is 6.92 Å². The molecule has 1 unspecified atom stereocenters. The first-order chi connectivity index (χ1) is 6.56. The third-order valence-corrected chi connectivity index (χ3v) is 4.30. The Morgan fingerprint density at radius 3 is 2.50 bits per heavy atom. The van der Waals surface area contributed by atoms with Crippen LogP contribution in [0.15, 0.2) is 29.4 Å². The van der Waals surface area contributed by atoms with E-state index in [2.05, 4.69) is 4.98 Å². The summed E-state index contributed by atoms with van der Waals surface area (Å²) in [5, 5.41) is 0. The molecule has 0 aliphatic heterocycles. The van der Waals surface area contributed by atoms with Crippen LogP contribution in [0.4, 0.5) is 0 Å². The molecule has 3 nitrogen and oxygen atoms in total. The van der Waals surface area contributed by atoms with Crippen molar-refractivity contribution in [3.05, 3.63) is 24.5 Å². The minimum absolute atomic E-state index is 0.0326. The van der Waals surface area contributed by atoms with Crippen LogP contribution >= 0.6 is 11.6 Å². The van der Waals surface area contributed by atoms with Gasteiger partial charge in [-0.25, -0.2) is 8.42 Å². The molecule has 0 radical (unpaired) electrons. The molecule has 5 heteroatoms. The molecular formula is C9H12ClNO2S. The molecule has 0 amide bonds. The van der Waals surface area contributed by atoms with Crippen molar-refractivity contribution >= 4 is 21.4 Å². The lowest BCUT2D eigenvalue weighted by atomic mass is 10.3. The van der Waals surface area contributed by atoms with Gasteiger partial charge in [-0.05, 0) is 18.1 Å². The van der Waals surface area contributed by atoms with E-state index in [1.54, 1.807) is 0 Å². The molecule has 0 saturated carbocycles. The SMILES string of the molecule is CC(CCl)CS(=O)(=O)c1ccncc1. The van der Waals surface area contributed by atoms with Crippen LogP contribution < -0.4 is 0 Å². The van der Waals surface area contributed by atoms with Gasteiger partial charge in [-0.3, -0.25) is 4.98 Å². The summed E-state index contributed by atoms with van der Waals surface area (Å²) in [6.45, 7) is 1.81. The van der Waals surface area contributed by atoms with Crippen LogP contribution in [-0.2, 0) is 9.84 Å². The lowest BCUT2D eigenvalue weighted by Crippen LogP contribution is -2.15. The van der Waals surface area contributed by atoms with Crippen molar-refractivity contribution in [3.63, 3.8) is 0 Å². The maximum absolute atomic E-state index is 11.7. The Morgan fingerprint density at radius 1 is 1.43 bits per heavy atom. The van der Waals surface area contributed by atoms with Gasteiger partial charge in [0.25, 0.3) is 0 Å². The van der Waals surface area contributed by atoms with Crippen LogP contribution in [0.25, 0.3) is 0 Å². The molecule has 0 spiro atoms. The summed E-state index contributed by atoms with van der Waals surface area (Å²) in [4.78, 5) is 4.08. The molecule has 14 heavy (non-hydrogen) atoms. The molecule has 1 aromatic rings. The van der Waals surface area contributed by atoms with E-state index in [0.29, 0.717) is 10.8 Å². The summed E-state index contributed by atoms with van der Waals surface area (Å²) >= 11 is 5.57. The number of sulfone groups is 1. The number of pyridine rings is 1. The first-order valence-corrected chi connectivity index (χ1v) is 6.43. The fourth-order valence-electron chi connectivity index (χ4n) is 1.06. The second-order valence-electron chi connectivity index (χ2n) is 3.22. The lowest BCUT2D eigenvalue weighted by Gasteiger charge is -2.07. The normalized spacial score (nSPS) is 13.9. The average molecular weight is 234 g/mol. The largest absolute Gasteiger partial charge is 0.265 e. The van der Waals surface area contributed by atoms with E-state index in [9.17, 15) is 8.42 Å².